The van der Waals surface area contributed by atoms with Crippen molar-refractivity contribution in [1.82, 2.24) is 5.32 Å². The van der Waals surface area contributed by atoms with Gasteiger partial charge in [0, 0.05) is 15.7 Å². The summed E-state index contributed by atoms with van der Waals surface area (Å²) in [6, 6.07) is 13.7. The van der Waals surface area contributed by atoms with Crippen LogP contribution in [0, 0.1) is 0 Å². The van der Waals surface area contributed by atoms with E-state index in [-0.39, 0.29) is 12.3 Å². The molecule has 0 saturated carbocycles. The van der Waals surface area contributed by atoms with Gasteiger partial charge in [-0.2, -0.15) is 0 Å². The zero-order chi connectivity index (χ0) is 17.5. The van der Waals surface area contributed by atoms with Gasteiger partial charge in [0.15, 0.2) is 0 Å². The Bertz CT molecular complexity index is 742. The Labute approximate surface area is 147 Å². The Balaban J connectivity index is 1.91. The molecule has 0 atom stereocenters. The average molecular weight is 391 g/mol. The number of hydrogen-bond donors (Lipinski definition) is 3. The molecule has 0 aliphatic carbocycles. The lowest BCUT2D eigenvalue weighted by Gasteiger charge is -2.07. The Hall–Kier alpha value is -2.67. The fourth-order valence-corrected chi connectivity index (χ4v) is 2.22. The molecule has 0 radical (unpaired) electrons. The first-order chi connectivity index (χ1) is 11.4. The number of nitrogens with one attached hydrogen (secondary N) is 2. The third-order valence-corrected chi connectivity index (χ3v) is 3.64. The summed E-state index contributed by atoms with van der Waals surface area (Å²) in [7, 11) is 0. The van der Waals surface area contributed by atoms with Crippen molar-refractivity contribution in [2.75, 3.05) is 11.9 Å². The van der Waals surface area contributed by atoms with Crippen LogP contribution in [0.3, 0.4) is 0 Å². The highest BCUT2D eigenvalue weighted by Gasteiger charge is 2.08. The standard InChI is InChI=1S/C17H15BrN2O4/c18-13-5-1-11(2-6-13)9-15(21)20-14-7-3-12(4-8-14)17(24)19-10-16(22)23/h1-8H,9-10H2,(H,19,24)(H,20,21)(H,22,23). The smallest absolute Gasteiger partial charge is 0.322 e. The van der Waals surface area contributed by atoms with E-state index in [1.54, 1.807) is 12.1 Å². The fraction of sp³-hybridized carbons (Fsp3) is 0.118. The zero-order valence-corrected chi connectivity index (χ0v) is 14.2. The monoisotopic (exact) mass is 390 g/mol. The molecule has 0 aliphatic rings. The van der Waals surface area contributed by atoms with Crippen LogP contribution in [0.15, 0.2) is 53.0 Å². The molecule has 0 saturated heterocycles. The van der Waals surface area contributed by atoms with Crippen molar-refractivity contribution in [1.29, 1.82) is 0 Å². The largest absolute Gasteiger partial charge is 0.480 e. The van der Waals surface area contributed by atoms with Crippen molar-refractivity contribution >= 4 is 39.4 Å². The first kappa shape index (κ1) is 17.7. The van der Waals surface area contributed by atoms with Gasteiger partial charge in [-0.3, -0.25) is 14.4 Å². The molecular formula is C17H15BrN2O4. The van der Waals surface area contributed by atoms with Crippen LogP contribution in [0.4, 0.5) is 5.69 Å². The molecule has 2 rings (SSSR count). The van der Waals surface area contributed by atoms with Gasteiger partial charge in [0.2, 0.25) is 5.91 Å². The van der Waals surface area contributed by atoms with E-state index >= 15 is 0 Å². The van der Waals surface area contributed by atoms with E-state index < -0.39 is 18.4 Å². The van der Waals surface area contributed by atoms with E-state index in [0.29, 0.717) is 11.3 Å². The second kappa shape index (κ2) is 8.26. The minimum absolute atomic E-state index is 0.166. The van der Waals surface area contributed by atoms with Crippen molar-refractivity contribution in [3.63, 3.8) is 0 Å². The topological polar surface area (TPSA) is 95.5 Å². The molecule has 0 bridgehead atoms. The van der Waals surface area contributed by atoms with E-state index in [2.05, 4.69) is 26.6 Å². The predicted molar refractivity (Wildman–Crippen MR) is 92.9 cm³/mol. The van der Waals surface area contributed by atoms with Crippen LogP contribution in [0.5, 0.6) is 0 Å². The minimum Gasteiger partial charge on any atom is -0.480 e. The van der Waals surface area contributed by atoms with Gasteiger partial charge in [-0.05, 0) is 42.0 Å². The summed E-state index contributed by atoms with van der Waals surface area (Å²) in [5, 5.41) is 13.5. The van der Waals surface area contributed by atoms with Crippen LogP contribution in [0.25, 0.3) is 0 Å². The summed E-state index contributed by atoms with van der Waals surface area (Å²) >= 11 is 3.34. The second-order valence-electron chi connectivity index (χ2n) is 5.01. The van der Waals surface area contributed by atoms with Crippen LogP contribution in [-0.4, -0.2) is 29.4 Å². The highest BCUT2D eigenvalue weighted by Crippen LogP contribution is 2.13. The van der Waals surface area contributed by atoms with Crippen LogP contribution in [0.2, 0.25) is 0 Å². The van der Waals surface area contributed by atoms with Gasteiger partial charge in [-0.25, -0.2) is 0 Å². The third kappa shape index (κ3) is 5.51. The van der Waals surface area contributed by atoms with Crippen molar-refractivity contribution in [2.24, 2.45) is 0 Å². The number of aliphatic carboxylic acids is 1. The van der Waals surface area contributed by atoms with Crippen LogP contribution < -0.4 is 10.6 Å². The molecule has 7 heteroatoms. The fourth-order valence-electron chi connectivity index (χ4n) is 1.96. The number of carboxylic acid groups (broad SMARTS) is 1. The van der Waals surface area contributed by atoms with E-state index in [1.165, 1.54) is 12.1 Å². The molecule has 2 amide bonds. The summed E-state index contributed by atoms with van der Waals surface area (Å²) in [6.45, 7) is -0.440. The third-order valence-electron chi connectivity index (χ3n) is 3.11. The van der Waals surface area contributed by atoms with Gasteiger partial charge < -0.3 is 15.7 Å². The molecule has 0 fully saturated rings. The molecule has 2 aromatic carbocycles. The summed E-state index contributed by atoms with van der Waals surface area (Å²) in [5.74, 6) is -1.76. The normalized spacial score (nSPS) is 10.0. The SMILES string of the molecule is O=C(O)CNC(=O)c1ccc(NC(=O)Cc2ccc(Br)cc2)cc1. The molecule has 6 nitrogen and oxygen atoms in total. The zero-order valence-electron chi connectivity index (χ0n) is 12.6. The molecule has 0 spiro atoms. The minimum atomic E-state index is -1.11. The van der Waals surface area contributed by atoms with Crippen molar-refractivity contribution < 1.29 is 19.5 Å². The van der Waals surface area contributed by atoms with Gasteiger partial charge in [0.25, 0.3) is 5.91 Å². The Morgan fingerprint density at radius 2 is 1.58 bits per heavy atom. The number of carboxylic acids is 1. The number of rotatable bonds is 6. The number of benzene rings is 2. The van der Waals surface area contributed by atoms with Crippen molar-refractivity contribution in [3.8, 4) is 0 Å². The maximum Gasteiger partial charge on any atom is 0.322 e. The van der Waals surface area contributed by atoms with E-state index in [4.69, 9.17) is 5.11 Å². The molecular weight excluding hydrogens is 376 g/mol. The lowest BCUT2D eigenvalue weighted by molar-refractivity contribution is -0.135. The van der Waals surface area contributed by atoms with Gasteiger partial charge in [-0.1, -0.05) is 28.1 Å². The molecule has 0 aliphatic heterocycles. The van der Waals surface area contributed by atoms with Crippen molar-refractivity contribution in [2.45, 2.75) is 6.42 Å². The Kier molecular flexibility index (Phi) is 6.08. The first-order valence-corrected chi connectivity index (χ1v) is 7.87. The summed E-state index contributed by atoms with van der Waals surface area (Å²) in [6.07, 6.45) is 0.244. The summed E-state index contributed by atoms with van der Waals surface area (Å²) in [4.78, 5) is 34.1. The highest BCUT2D eigenvalue weighted by atomic mass is 79.9. The van der Waals surface area contributed by atoms with E-state index in [9.17, 15) is 14.4 Å². The maximum atomic E-state index is 12.0. The number of hydrogen-bond acceptors (Lipinski definition) is 3. The quantitative estimate of drug-likeness (QED) is 0.705. The van der Waals surface area contributed by atoms with Crippen molar-refractivity contribution in [3.05, 3.63) is 64.1 Å². The molecule has 124 valence electrons. The van der Waals surface area contributed by atoms with E-state index in [0.717, 1.165) is 10.0 Å². The molecule has 0 heterocycles. The average Bonchev–Trinajstić information content (AvgIpc) is 2.55. The highest BCUT2D eigenvalue weighted by molar-refractivity contribution is 9.10. The number of amides is 2. The summed E-state index contributed by atoms with van der Waals surface area (Å²) < 4.78 is 0.948. The molecule has 0 aromatic heterocycles. The maximum absolute atomic E-state index is 12.0. The molecule has 2 aromatic rings. The van der Waals surface area contributed by atoms with Crippen LogP contribution >= 0.6 is 15.9 Å². The van der Waals surface area contributed by atoms with Crippen LogP contribution in [-0.2, 0) is 16.0 Å². The molecule has 24 heavy (non-hydrogen) atoms. The Morgan fingerprint density at radius 3 is 2.17 bits per heavy atom. The lowest BCUT2D eigenvalue weighted by Crippen LogP contribution is -2.29. The molecule has 3 N–H and O–H groups in total. The number of carbonyl (C=O) groups is 3. The second-order valence-corrected chi connectivity index (χ2v) is 5.92. The number of carbonyl (C=O) groups excluding carboxylic acids is 2. The van der Waals surface area contributed by atoms with Gasteiger partial charge in [-0.15, -0.1) is 0 Å². The predicted octanol–water partition coefficient (Wildman–Crippen LogP) is 2.44. The summed E-state index contributed by atoms with van der Waals surface area (Å²) in [5.41, 5.74) is 1.77. The molecule has 0 unspecified atom stereocenters. The van der Waals surface area contributed by atoms with Gasteiger partial charge >= 0.3 is 5.97 Å². The van der Waals surface area contributed by atoms with Gasteiger partial charge in [0.1, 0.15) is 6.54 Å². The van der Waals surface area contributed by atoms with Gasteiger partial charge in [0.05, 0.1) is 6.42 Å². The first-order valence-electron chi connectivity index (χ1n) is 7.08. The number of anilines is 1. The van der Waals surface area contributed by atoms with Crippen LogP contribution in [0.1, 0.15) is 15.9 Å². The Morgan fingerprint density at radius 1 is 0.958 bits per heavy atom. The van der Waals surface area contributed by atoms with E-state index in [1.807, 2.05) is 24.3 Å². The number of halogens is 1. The lowest BCUT2D eigenvalue weighted by atomic mass is 10.1.